The van der Waals surface area contributed by atoms with E-state index in [9.17, 15) is 8.78 Å². The maximum atomic E-state index is 12.7. The van der Waals surface area contributed by atoms with Crippen molar-refractivity contribution in [1.29, 1.82) is 0 Å². The lowest BCUT2D eigenvalue weighted by molar-refractivity contribution is 0.112. The van der Waals surface area contributed by atoms with Crippen LogP contribution in [0.5, 0.6) is 0 Å². The number of hydrogen-bond acceptors (Lipinski definition) is 0. The number of rotatable bonds is 1. The second kappa shape index (κ2) is 2.82. The average molecular weight is 223 g/mol. The summed E-state index contributed by atoms with van der Waals surface area (Å²) >= 11 is 11.4. The predicted octanol–water partition coefficient (Wildman–Crippen LogP) is 4.12. The van der Waals surface area contributed by atoms with E-state index in [1.54, 1.807) is 12.1 Å². The SMILES string of the molecule is FC1(F)CC1c1ccc(Cl)cc1Cl. The molecule has 0 amide bonds. The Labute approximate surface area is 84.5 Å². The lowest BCUT2D eigenvalue weighted by atomic mass is 10.1. The van der Waals surface area contributed by atoms with Crippen LogP contribution in [0.4, 0.5) is 8.78 Å². The molecule has 4 heteroatoms. The highest BCUT2D eigenvalue weighted by molar-refractivity contribution is 6.35. The molecule has 1 atom stereocenters. The number of alkyl halides is 2. The molecule has 0 nitrogen and oxygen atoms in total. The van der Waals surface area contributed by atoms with Gasteiger partial charge >= 0.3 is 0 Å². The number of benzene rings is 1. The van der Waals surface area contributed by atoms with Gasteiger partial charge in [-0.2, -0.15) is 0 Å². The fourth-order valence-corrected chi connectivity index (χ4v) is 1.87. The number of hydrogen-bond donors (Lipinski definition) is 0. The lowest BCUT2D eigenvalue weighted by Crippen LogP contribution is -1.93. The zero-order chi connectivity index (χ0) is 9.64. The Morgan fingerprint density at radius 3 is 2.38 bits per heavy atom. The average Bonchev–Trinajstić information content (AvgIpc) is 2.59. The highest BCUT2D eigenvalue weighted by Crippen LogP contribution is 2.57. The van der Waals surface area contributed by atoms with Crippen LogP contribution in [0.1, 0.15) is 17.9 Å². The van der Waals surface area contributed by atoms with Gasteiger partial charge in [0.1, 0.15) is 0 Å². The van der Waals surface area contributed by atoms with Crippen molar-refractivity contribution in [2.45, 2.75) is 18.3 Å². The normalized spacial score (nSPS) is 24.5. The summed E-state index contributed by atoms with van der Waals surface area (Å²) in [5.74, 6) is -3.28. The molecule has 1 aromatic carbocycles. The van der Waals surface area contributed by atoms with Gasteiger partial charge in [-0.25, -0.2) is 8.78 Å². The molecule has 1 aromatic rings. The molecule has 0 spiro atoms. The molecule has 0 heterocycles. The third-order valence-corrected chi connectivity index (χ3v) is 2.73. The molecule has 13 heavy (non-hydrogen) atoms. The quantitative estimate of drug-likeness (QED) is 0.671. The first-order chi connectivity index (χ1) is 6.00. The van der Waals surface area contributed by atoms with Crippen LogP contribution in [0.15, 0.2) is 18.2 Å². The summed E-state index contributed by atoms with van der Waals surface area (Å²) in [6, 6.07) is 4.64. The summed E-state index contributed by atoms with van der Waals surface area (Å²) in [5.41, 5.74) is 0.496. The van der Waals surface area contributed by atoms with Crippen LogP contribution in [0.25, 0.3) is 0 Å². The molecule has 0 bridgehead atoms. The first-order valence-corrected chi connectivity index (χ1v) is 4.59. The minimum atomic E-state index is -2.57. The zero-order valence-electron chi connectivity index (χ0n) is 6.53. The Morgan fingerprint density at radius 1 is 1.31 bits per heavy atom. The van der Waals surface area contributed by atoms with Gasteiger partial charge in [-0.15, -0.1) is 0 Å². The molecule has 70 valence electrons. The highest BCUT2D eigenvalue weighted by atomic mass is 35.5. The summed E-state index contributed by atoms with van der Waals surface area (Å²) in [5, 5.41) is 0.799. The molecule has 1 unspecified atom stereocenters. The second-order valence-corrected chi connectivity index (χ2v) is 4.03. The van der Waals surface area contributed by atoms with E-state index in [1.165, 1.54) is 6.07 Å². The van der Waals surface area contributed by atoms with Gasteiger partial charge in [0.2, 0.25) is 0 Å². The first-order valence-electron chi connectivity index (χ1n) is 3.83. The largest absolute Gasteiger partial charge is 0.255 e. The van der Waals surface area contributed by atoms with Gasteiger partial charge in [0.25, 0.3) is 5.92 Å². The smallest absolute Gasteiger partial charge is 0.206 e. The highest BCUT2D eigenvalue weighted by Gasteiger charge is 2.58. The Morgan fingerprint density at radius 2 is 1.92 bits per heavy atom. The molecule has 0 aromatic heterocycles. The molecule has 0 N–H and O–H groups in total. The van der Waals surface area contributed by atoms with Crippen LogP contribution in [-0.2, 0) is 0 Å². The van der Waals surface area contributed by atoms with Crippen molar-refractivity contribution in [2.75, 3.05) is 0 Å². The van der Waals surface area contributed by atoms with Gasteiger partial charge in [0.15, 0.2) is 0 Å². The molecule has 0 saturated heterocycles. The van der Waals surface area contributed by atoms with E-state index in [4.69, 9.17) is 23.2 Å². The van der Waals surface area contributed by atoms with E-state index in [0.29, 0.717) is 15.6 Å². The molecule has 1 fully saturated rings. The Hall–Kier alpha value is -0.340. The summed E-state index contributed by atoms with van der Waals surface area (Å²) < 4.78 is 25.3. The van der Waals surface area contributed by atoms with Crippen molar-refractivity contribution in [3.63, 3.8) is 0 Å². The van der Waals surface area contributed by atoms with Gasteiger partial charge < -0.3 is 0 Å². The summed E-state index contributed by atoms with van der Waals surface area (Å²) in [7, 11) is 0. The second-order valence-electron chi connectivity index (χ2n) is 3.18. The van der Waals surface area contributed by atoms with Gasteiger partial charge in [0, 0.05) is 16.5 Å². The Kier molecular flexibility index (Phi) is 2.00. The molecular formula is C9H6Cl2F2. The standard InChI is InChI=1S/C9H6Cl2F2/c10-5-1-2-6(8(11)3-5)7-4-9(7,12)13/h1-3,7H,4H2. The van der Waals surface area contributed by atoms with Gasteiger partial charge in [-0.3, -0.25) is 0 Å². The van der Waals surface area contributed by atoms with Crippen molar-refractivity contribution in [2.24, 2.45) is 0 Å². The zero-order valence-corrected chi connectivity index (χ0v) is 8.04. The lowest BCUT2D eigenvalue weighted by Gasteiger charge is -2.02. The van der Waals surface area contributed by atoms with E-state index in [2.05, 4.69) is 0 Å². The monoisotopic (exact) mass is 222 g/mol. The van der Waals surface area contributed by atoms with Gasteiger partial charge in [0.05, 0.1) is 5.92 Å². The third kappa shape index (κ3) is 1.65. The van der Waals surface area contributed by atoms with Crippen LogP contribution in [0.3, 0.4) is 0 Å². The molecule has 2 rings (SSSR count). The van der Waals surface area contributed by atoms with Crippen molar-refractivity contribution < 1.29 is 8.78 Å². The fraction of sp³-hybridized carbons (Fsp3) is 0.333. The van der Waals surface area contributed by atoms with Gasteiger partial charge in [-0.05, 0) is 17.7 Å². The van der Waals surface area contributed by atoms with E-state index < -0.39 is 11.8 Å². The molecule has 1 saturated carbocycles. The Bertz CT molecular complexity index is 349. The first kappa shape index (κ1) is 9.22. The van der Waals surface area contributed by atoms with Crippen molar-refractivity contribution in [1.82, 2.24) is 0 Å². The van der Waals surface area contributed by atoms with E-state index in [-0.39, 0.29) is 6.42 Å². The molecule has 1 aliphatic rings. The summed E-state index contributed by atoms with van der Waals surface area (Å²) in [4.78, 5) is 0. The minimum absolute atomic E-state index is 0.103. The van der Waals surface area contributed by atoms with Crippen LogP contribution in [-0.4, -0.2) is 5.92 Å². The maximum absolute atomic E-state index is 12.7. The van der Waals surface area contributed by atoms with Crippen LogP contribution >= 0.6 is 23.2 Å². The Balaban J connectivity index is 2.33. The topological polar surface area (TPSA) is 0 Å². The maximum Gasteiger partial charge on any atom is 0.255 e. The number of halogens is 4. The van der Waals surface area contributed by atoms with Crippen LogP contribution in [0, 0.1) is 0 Å². The minimum Gasteiger partial charge on any atom is -0.206 e. The van der Waals surface area contributed by atoms with E-state index in [0.717, 1.165) is 0 Å². The van der Waals surface area contributed by atoms with Crippen molar-refractivity contribution in [3.8, 4) is 0 Å². The van der Waals surface area contributed by atoms with E-state index in [1.807, 2.05) is 0 Å². The van der Waals surface area contributed by atoms with Crippen LogP contribution in [0.2, 0.25) is 10.0 Å². The molecule has 0 radical (unpaired) electrons. The summed E-state index contributed by atoms with van der Waals surface area (Å²) in [6.07, 6.45) is -0.103. The van der Waals surface area contributed by atoms with Crippen molar-refractivity contribution in [3.05, 3.63) is 33.8 Å². The summed E-state index contributed by atoms with van der Waals surface area (Å²) in [6.45, 7) is 0. The molecule has 1 aliphatic carbocycles. The fourth-order valence-electron chi connectivity index (χ4n) is 1.33. The van der Waals surface area contributed by atoms with E-state index >= 15 is 0 Å². The van der Waals surface area contributed by atoms with Crippen LogP contribution < -0.4 is 0 Å². The van der Waals surface area contributed by atoms with Crippen molar-refractivity contribution >= 4 is 23.2 Å². The predicted molar refractivity (Wildman–Crippen MR) is 48.8 cm³/mol. The third-order valence-electron chi connectivity index (χ3n) is 2.16. The van der Waals surface area contributed by atoms with Gasteiger partial charge in [-0.1, -0.05) is 29.3 Å². The molecule has 0 aliphatic heterocycles. The molecular weight excluding hydrogens is 217 g/mol.